The molecule has 424 valence electrons. The first-order valence-corrected chi connectivity index (χ1v) is 36.2. The number of rotatable bonds is 7. The highest BCUT2D eigenvalue weighted by atomic mass is 31.2. The van der Waals surface area contributed by atoms with E-state index in [4.69, 9.17) is 0 Å². The Labute approximate surface area is 521 Å². The van der Waals surface area contributed by atoms with Crippen LogP contribution < -0.4 is 10.6 Å². The van der Waals surface area contributed by atoms with E-state index in [-0.39, 0.29) is 0 Å². The summed E-state index contributed by atoms with van der Waals surface area (Å²) in [5.41, 5.74) is 11.7. The molecule has 19 aromatic rings. The normalized spacial score (nSPS) is 12.5. The fourth-order valence-corrected chi connectivity index (χ4v) is 17.1. The quantitative estimate of drug-likeness (QED) is 0.118. The zero-order valence-electron chi connectivity index (χ0n) is 50.3. The van der Waals surface area contributed by atoms with E-state index in [1.165, 1.54) is 163 Å². The predicted octanol–water partition coefficient (Wildman–Crippen LogP) is 23.8. The second-order valence-electron chi connectivity index (χ2n) is 25.7. The van der Waals surface area contributed by atoms with Crippen molar-refractivity contribution >= 4 is 154 Å². The Morgan fingerprint density at radius 2 is 0.411 bits per heavy atom. The molecular formula is C86H58O2P2. The van der Waals surface area contributed by atoms with Gasteiger partial charge in [0.2, 0.25) is 0 Å². The van der Waals surface area contributed by atoms with Crippen LogP contribution in [-0.2, 0) is 9.13 Å². The maximum Gasteiger partial charge on any atom is 0.109 e. The van der Waals surface area contributed by atoms with Crippen molar-refractivity contribution in [3.05, 3.63) is 279 Å². The molecule has 0 aliphatic carbocycles. The van der Waals surface area contributed by atoms with Gasteiger partial charge in [0.15, 0.2) is 0 Å². The monoisotopic (exact) mass is 1180 g/mol. The first-order valence-electron chi connectivity index (χ1n) is 31.0. The largest absolute Gasteiger partial charge is 0.319 e. The van der Waals surface area contributed by atoms with E-state index in [0.29, 0.717) is 0 Å². The first kappa shape index (κ1) is 52.9. The third kappa shape index (κ3) is 8.25. The molecule has 0 bridgehead atoms. The van der Waals surface area contributed by atoms with Gasteiger partial charge in [0.25, 0.3) is 0 Å². The molecule has 19 rings (SSSR count). The van der Waals surface area contributed by atoms with E-state index >= 15 is 0 Å². The predicted molar refractivity (Wildman–Crippen MR) is 393 cm³/mol. The van der Waals surface area contributed by atoms with Gasteiger partial charge in [0.1, 0.15) is 14.3 Å². The summed E-state index contributed by atoms with van der Waals surface area (Å²) in [6.45, 7) is 7.43. The van der Waals surface area contributed by atoms with Gasteiger partial charge in [-0.2, -0.15) is 0 Å². The molecule has 0 atom stereocenters. The third-order valence-corrected chi connectivity index (χ3v) is 22.7. The fourth-order valence-electron chi connectivity index (χ4n) is 15.3. The molecule has 19 aromatic carbocycles. The van der Waals surface area contributed by atoms with Crippen LogP contribution >= 0.6 is 14.3 Å². The molecule has 2 nitrogen and oxygen atoms in total. The summed E-state index contributed by atoms with van der Waals surface area (Å²) in [6, 6.07) is 102. The van der Waals surface area contributed by atoms with Crippen molar-refractivity contribution in [2.75, 3.05) is 26.7 Å². The smallest absolute Gasteiger partial charge is 0.109 e. The highest BCUT2D eigenvalue weighted by Gasteiger charge is 2.22. The van der Waals surface area contributed by atoms with Gasteiger partial charge in [0.05, 0.1) is 0 Å². The van der Waals surface area contributed by atoms with Crippen molar-refractivity contribution in [3.8, 4) is 55.6 Å². The van der Waals surface area contributed by atoms with Gasteiger partial charge >= 0.3 is 0 Å². The zero-order valence-corrected chi connectivity index (χ0v) is 52.1. The van der Waals surface area contributed by atoms with Crippen LogP contribution in [0.3, 0.4) is 0 Å². The van der Waals surface area contributed by atoms with E-state index in [2.05, 4.69) is 267 Å². The molecule has 0 unspecified atom stereocenters. The Bertz CT molecular complexity index is 5870. The van der Waals surface area contributed by atoms with Crippen LogP contribution in [0.4, 0.5) is 0 Å². The minimum Gasteiger partial charge on any atom is -0.319 e. The third-order valence-electron chi connectivity index (χ3n) is 19.7. The summed E-state index contributed by atoms with van der Waals surface area (Å²) in [5.74, 6) is 0. The molecule has 0 fully saturated rings. The van der Waals surface area contributed by atoms with Crippen molar-refractivity contribution in [1.29, 1.82) is 0 Å². The number of hydrogen-bond acceptors (Lipinski definition) is 2. The molecule has 0 spiro atoms. The maximum atomic E-state index is 13.7. The Morgan fingerprint density at radius 1 is 0.189 bits per heavy atom. The minimum absolute atomic E-state index is 0.904. The van der Waals surface area contributed by atoms with E-state index in [1.54, 1.807) is 0 Å². The Balaban J connectivity index is 0.000000135. The molecule has 0 saturated heterocycles. The molecule has 0 aromatic heterocycles. The lowest BCUT2D eigenvalue weighted by atomic mass is 9.86. The lowest BCUT2D eigenvalue weighted by Crippen LogP contribution is -2.04. The van der Waals surface area contributed by atoms with Gasteiger partial charge in [-0.05, 0) is 248 Å². The minimum atomic E-state index is -2.55. The maximum absolute atomic E-state index is 13.7. The standard InChI is InChI=1S/C46H31OP.C40H27OP/c1-48(2,47)38-19-13-28(14-20-38)35-25-36(39-21-15-33-11-9-29-5-3-7-31-17-23-41(39)45(33)43(29)31)27-37(26-35)40-22-16-34-12-10-30-6-4-8-32-18-24-42(40)46(34)44(30)32;1-42(2,41)32-22-30(33-17-13-28-11-9-24-5-3-7-26-15-19-35(33)39(28)37(24)26)21-31(23-32)34-18-14-29-12-10-25-6-4-8-27-16-20-36(34)40(29)38(25)27/h3-27H,1-2H3;3-23H,1-2H3. The first-order chi connectivity index (χ1) is 43.8. The lowest BCUT2D eigenvalue weighted by molar-refractivity contribution is 0.587. The van der Waals surface area contributed by atoms with Crippen LogP contribution in [0, 0.1) is 0 Å². The van der Waals surface area contributed by atoms with Gasteiger partial charge in [-0.25, -0.2) is 0 Å². The van der Waals surface area contributed by atoms with E-state index in [0.717, 1.165) is 32.9 Å². The number of hydrogen-bond donors (Lipinski definition) is 0. The van der Waals surface area contributed by atoms with Gasteiger partial charge in [-0.1, -0.05) is 243 Å². The second-order valence-corrected chi connectivity index (χ2v) is 32.1. The summed E-state index contributed by atoms with van der Waals surface area (Å²) in [4.78, 5) is 0. The topological polar surface area (TPSA) is 34.1 Å². The van der Waals surface area contributed by atoms with Crippen LogP contribution in [0.15, 0.2) is 279 Å². The average Bonchev–Trinajstić information content (AvgIpc) is 0.778. The van der Waals surface area contributed by atoms with Gasteiger partial charge in [-0.15, -0.1) is 0 Å². The molecular weight excluding hydrogens is 1130 g/mol. The molecule has 0 aliphatic rings. The van der Waals surface area contributed by atoms with Gasteiger partial charge in [-0.3, -0.25) is 0 Å². The molecule has 0 amide bonds. The summed E-state index contributed by atoms with van der Waals surface area (Å²) in [7, 11) is -4.90. The van der Waals surface area contributed by atoms with E-state index < -0.39 is 14.3 Å². The van der Waals surface area contributed by atoms with Gasteiger partial charge < -0.3 is 9.13 Å². The molecule has 0 saturated carbocycles. The second kappa shape index (κ2) is 19.6. The van der Waals surface area contributed by atoms with Crippen LogP contribution in [0.5, 0.6) is 0 Å². The number of benzene rings is 19. The molecule has 90 heavy (non-hydrogen) atoms. The average molecular weight is 1190 g/mol. The fraction of sp³-hybridized carbons (Fsp3) is 0.0465. The molecule has 0 heterocycles. The Kier molecular flexibility index (Phi) is 11.5. The van der Waals surface area contributed by atoms with Crippen LogP contribution in [0.25, 0.3) is 185 Å². The van der Waals surface area contributed by atoms with Gasteiger partial charge in [0, 0.05) is 10.6 Å². The van der Waals surface area contributed by atoms with E-state index in [1.807, 2.05) is 38.8 Å². The molecule has 0 aliphatic heterocycles. The molecule has 4 heteroatoms. The van der Waals surface area contributed by atoms with Crippen LogP contribution in [-0.4, -0.2) is 26.7 Å². The Hall–Kier alpha value is -10.2. The zero-order chi connectivity index (χ0) is 60.3. The van der Waals surface area contributed by atoms with Crippen LogP contribution in [0.1, 0.15) is 0 Å². The highest BCUT2D eigenvalue weighted by Crippen LogP contribution is 2.48. The molecule has 0 radical (unpaired) electrons. The summed E-state index contributed by atoms with van der Waals surface area (Å²) in [6.07, 6.45) is 0. The van der Waals surface area contributed by atoms with Crippen molar-refractivity contribution in [2.45, 2.75) is 0 Å². The van der Waals surface area contributed by atoms with E-state index in [9.17, 15) is 9.13 Å². The molecule has 0 N–H and O–H groups in total. The van der Waals surface area contributed by atoms with Crippen molar-refractivity contribution in [1.82, 2.24) is 0 Å². The summed E-state index contributed by atoms with van der Waals surface area (Å²) < 4.78 is 26.5. The van der Waals surface area contributed by atoms with Crippen molar-refractivity contribution in [3.63, 3.8) is 0 Å². The van der Waals surface area contributed by atoms with Crippen molar-refractivity contribution < 1.29 is 9.13 Å². The summed E-state index contributed by atoms with van der Waals surface area (Å²) >= 11 is 0. The summed E-state index contributed by atoms with van der Waals surface area (Å²) in [5, 5.41) is 32.5. The lowest BCUT2D eigenvalue weighted by Gasteiger charge is -2.18. The highest BCUT2D eigenvalue weighted by molar-refractivity contribution is 7.70. The Morgan fingerprint density at radius 3 is 0.678 bits per heavy atom. The SMILES string of the molecule is CP(C)(=O)c1cc(-c2ccc3ccc4cccc5ccc2c3c45)cc(-c2ccc3ccc4cccc5ccc2c3c45)c1.CP(C)(=O)c1ccc(-c2cc(-c3ccc4ccc5cccc6ccc3c4c56)cc(-c3ccc4ccc5cccc6ccc3c4c56)c2)cc1. The van der Waals surface area contributed by atoms with Crippen molar-refractivity contribution in [2.24, 2.45) is 0 Å². The van der Waals surface area contributed by atoms with Crippen LogP contribution in [0.2, 0.25) is 0 Å².